The van der Waals surface area contributed by atoms with Crippen molar-refractivity contribution < 1.29 is 9.53 Å². The van der Waals surface area contributed by atoms with E-state index >= 15 is 0 Å². The predicted octanol–water partition coefficient (Wildman–Crippen LogP) is 4.89. The second-order valence-corrected chi connectivity index (χ2v) is 5.64. The van der Waals surface area contributed by atoms with Gasteiger partial charge in [0.05, 0.1) is 12.5 Å². The van der Waals surface area contributed by atoms with Gasteiger partial charge in [-0.25, -0.2) is 0 Å². The number of carbonyl (C=O) groups is 1. The van der Waals surface area contributed by atoms with Crippen LogP contribution in [0.25, 0.3) is 0 Å². The third kappa shape index (κ3) is 10.6. The van der Waals surface area contributed by atoms with Gasteiger partial charge in [-0.05, 0) is 43.8 Å². The van der Waals surface area contributed by atoms with Gasteiger partial charge in [-0.3, -0.25) is 4.79 Å². The average molecular weight is 266 g/mol. The Kier molecular flexibility index (Phi) is 10.3. The van der Waals surface area contributed by atoms with Crippen LogP contribution in [0.15, 0.2) is 17.4 Å². The van der Waals surface area contributed by atoms with Crippen LogP contribution >= 0.6 is 0 Å². The number of ether oxygens (including phenoxy) is 1. The summed E-state index contributed by atoms with van der Waals surface area (Å²) < 4.78 is 5.14. The number of hydrogen-bond donors (Lipinski definition) is 0. The van der Waals surface area contributed by atoms with Gasteiger partial charge in [0.1, 0.15) is 0 Å². The molecule has 110 valence electrons. The van der Waals surface area contributed by atoms with E-state index in [1.165, 1.54) is 24.8 Å². The minimum Gasteiger partial charge on any atom is -0.465 e. The minimum atomic E-state index is -0.106. The van der Waals surface area contributed by atoms with Crippen molar-refractivity contribution in [3.63, 3.8) is 0 Å². The van der Waals surface area contributed by atoms with Crippen molar-refractivity contribution in [3.8, 4) is 0 Å². The highest BCUT2D eigenvalue weighted by Crippen LogP contribution is 2.10. The van der Waals surface area contributed by atoms with E-state index in [0.29, 0.717) is 12.5 Å². The van der Waals surface area contributed by atoms with Crippen molar-refractivity contribution in [1.29, 1.82) is 0 Å². The van der Waals surface area contributed by atoms with Crippen LogP contribution in [-0.4, -0.2) is 12.6 Å². The van der Waals surface area contributed by atoms with Gasteiger partial charge < -0.3 is 4.74 Å². The second-order valence-electron chi connectivity index (χ2n) is 5.64. The van der Waals surface area contributed by atoms with Gasteiger partial charge in [-0.15, -0.1) is 5.73 Å². The Balaban J connectivity index is 3.87. The van der Waals surface area contributed by atoms with Crippen LogP contribution in [0.3, 0.4) is 0 Å². The molecule has 0 N–H and O–H groups in total. The summed E-state index contributed by atoms with van der Waals surface area (Å²) >= 11 is 0. The molecule has 0 rings (SSSR count). The summed E-state index contributed by atoms with van der Waals surface area (Å²) in [6.07, 6.45) is 7.77. The molecule has 0 fully saturated rings. The zero-order chi connectivity index (χ0) is 14.7. The van der Waals surface area contributed by atoms with Gasteiger partial charge in [0.15, 0.2) is 0 Å². The predicted molar refractivity (Wildman–Crippen MR) is 81.0 cm³/mol. The number of esters is 1. The van der Waals surface area contributed by atoms with Crippen molar-refractivity contribution in [1.82, 2.24) is 0 Å². The highest BCUT2D eigenvalue weighted by molar-refractivity contribution is 5.71. The molecule has 0 heterocycles. The van der Waals surface area contributed by atoms with Crippen molar-refractivity contribution in [2.24, 2.45) is 11.8 Å². The molecule has 0 saturated heterocycles. The standard InChI is InChI=1S/C17H30O2/c1-6-7-9-15(4)11-12-16(5)10-8-13-19-17(18)14(2)3/h11,14-15H,6-10,13H2,1-5H3. The minimum absolute atomic E-state index is 0.0315. The monoisotopic (exact) mass is 266 g/mol. The fourth-order valence-electron chi connectivity index (χ4n) is 1.64. The molecule has 19 heavy (non-hydrogen) atoms. The molecule has 0 aliphatic carbocycles. The van der Waals surface area contributed by atoms with Gasteiger partial charge in [-0.2, -0.15) is 0 Å². The van der Waals surface area contributed by atoms with Crippen LogP contribution < -0.4 is 0 Å². The molecule has 0 amide bonds. The second kappa shape index (κ2) is 10.9. The third-order valence-electron chi connectivity index (χ3n) is 3.04. The molecule has 1 unspecified atom stereocenters. The molecule has 0 aromatic heterocycles. The fourth-order valence-corrected chi connectivity index (χ4v) is 1.64. The maximum absolute atomic E-state index is 11.3. The molecule has 0 aromatic carbocycles. The van der Waals surface area contributed by atoms with E-state index in [9.17, 15) is 4.79 Å². The number of hydrogen-bond acceptors (Lipinski definition) is 2. The molecule has 0 aromatic rings. The summed E-state index contributed by atoms with van der Waals surface area (Å²) in [5.74, 6) is 0.468. The molecule has 2 nitrogen and oxygen atoms in total. The molecule has 0 spiro atoms. The SMILES string of the molecule is CCCCC(C)C=C=C(C)CCCOC(=O)C(C)C. The summed E-state index contributed by atoms with van der Waals surface area (Å²) in [7, 11) is 0. The lowest BCUT2D eigenvalue weighted by Gasteiger charge is -2.06. The Labute approximate surface area is 118 Å². The third-order valence-corrected chi connectivity index (χ3v) is 3.04. The molecule has 1 atom stereocenters. The summed E-state index contributed by atoms with van der Waals surface area (Å²) in [6.45, 7) is 10.8. The highest BCUT2D eigenvalue weighted by atomic mass is 16.5. The fraction of sp³-hybridized carbons (Fsp3) is 0.765. The van der Waals surface area contributed by atoms with Crippen molar-refractivity contribution in [2.75, 3.05) is 6.61 Å². The molecular formula is C17H30O2. The maximum Gasteiger partial charge on any atom is 0.308 e. The summed E-state index contributed by atoms with van der Waals surface area (Å²) in [5, 5.41) is 0. The lowest BCUT2D eigenvalue weighted by molar-refractivity contribution is -0.147. The lowest BCUT2D eigenvalue weighted by atomic mass is 10.0. The van der Waals surface area contributed by atoms with E-state index < -0.39 is 0 Å². The van der Waals surface area contributed by atoms with Crippen molar-refractivity contribution in [3.05, 3.63) is 17.4 Å². The van der Waals surface area contributed by atoms with Crippen LogP contribution in [-0.2, 0) is 9.53 Å². The smallest absolute Gasteiger partial charge is 0.308 e. The Hall–Kier alpha value is -1.01. The summed E-state index contributed by atoms with van der Waals surface area (Å²) in [6, 6.07) is 0. The van der Waals surface area contributed by atoms with E-state index in [0.717, 1.165) is 12.8 Å². The Morgan fingerprint density at radius 2 is 1.95 bits per heavy atom. The van der Waals surface area contributed by atoms with Crippen LogP contribution in [0.2, 0.25) is 0 Å². The molecule has 0 aliphatic rings. The molecule has 2 heteroatoms. The van der Waals surface area contributed by atoms with Gasteiger partial charge in [-0.1, -0.05) is 40.5 Å². The first-order chi connectivity index (χ1) is 8.97. The Morgan fingerprint density at radius 3 is 2.53 bits per heavy atom. The molecule has 0 saturated carbocycles. The van der Waals surface area contributed by atoms with E-state index in [1.54, 1.807) is 0 Å². The van der Waals surface area contributed by atoms with Crippen LogP contribution in [0.5, 0.6) is 0 Å². The van der Waals surface area contributed by atoms with Crippen molar-refractivity contribution in [2.45, 2.75) is 66.7 Å². The first-order valence-corrected chi connectivity index (χ1v) is 7.56. The maximum atomic E-state index is 11.3. The number of carbonyl (C=O) groups excluding carboxylic acids is 1. The highest BCUT2D eigenvalue weighted by Gasteiger charge is 2.07. The summed E-state index contributed by atoms with van der Waals surface area (Å²) in [4.78, 5) is 11.3. The first kappa shape index (κ1) is 18.0. The zero-order valence-electron chi connectivity index (χ0n) is 13.3. The van der Waals surface area contributed by atoms with E-state index in [-0.39, 0.29) is 11.9 Å². The van der Waals surface area contributed by atoms with Crippen molar-refractivity contribution >= 4 is 5.97 Å². The quantitative estimate of drug-likeness (QED) is 0.337. The van der Waals surface area contributed by atoms with Gasteiger partial charge in [0, 0.05) is 0 Å². The lowest BCUT2D eigenvalue weighted by Crippen LogP contribution is -2.12. The molecule has 0 aliphatic heterocycles. The Morgan fingerprint density at radius 1 is 1.26 bits per heavy atom. The van der Waals surface area contributed by atoms with Crippen LogP contribution in [0.1, 0.15) is 66.7 Å². The largest absolute Gasteiger partial charge is 0.465 e. The Bertz CT molecular complexity index is 309. The number of rotatable bonds is 9. The van der Waals surface area contributed by atoms with E-state index in [4.69, 9.17) is 4.74 Å². The van der Waals surface area contributed by atoms with Gasteiger partial charge in [0.2, 0.25) is 0 Å². The number of allylic oxidation sites excluding steroid dienone is 1. The summed E-state index contributed by atoms with van der Waals surface area (Å²) in [5.41, 5.74) is 4.59. The van der Waals surface area contributed by atoms with Crippen LogP contribution in [0, 0.1) is 11.8 Å². The topological polar surface area (TPSA) is 26.3 Å². The van der Waals surface area contributed by atoms with Gasteiger partial charge >= 0.3 is 5.97 Å². The van der Waals surface area contributed by atoms with E-state index in [1.807, 2.05) is 13.8 Å². The molecular weight excluding hydrogens is 236 g/mol. The molecule has 0 radical (unpaired) electrons. The first-order valence-electron chi connectivity index (χ1n) is 7.56. The average Bonchev–Trinajstić information content (AvgIpc) is 2.38. The normalized spacial score (nSPS) is 11.9. The molecule has 0 bridgehead atoms. The van der Waals surface area contributed by atoms with Crippen LogP contribution in [0.4, 0.5) is 0 Å². The van der Waals surface area contributed by atoms with E-state index in [2.05, 4.69) is 32.6 Å². The number of unbranched alkanes of at least 4 members (excludes halogenated alkanes) is 1. The van der Waals surface area contributed by atoms with Gasteiger partial charge in [0.25, 0.3) is 0 Å². The zero-order valence-corrected chi connectivity index (χ0v) is 13.3.